The van der Waals surface area contributed by atoms with Crippen LogP contribution in [0.5, 0.6) is 0 Å². The number of allylic oxidation sites excluding steroid dienone is 4. The molecule has 0 aliphatic heterocycles. The molecule has 1 fully saturated rings. The highest BCUT2D eigenvalue weighted by atomic mass is 32.1. The third kappa shape index (κ3) is 12.1. The zero-order valence-corrected chi connectivity index (χ0v) is 54.2. The molecule has 9 aromatic carbocycles. The van der Waals surface area contributed by atoms with Crippen molar-refractivity contribution in [1.82, 2.24) is 0 Å². The van der Waals surface area contributed by atoms with Gasteiger partial charge < -0.3 is 5.41 Å². The molecule has 0 bridgehead atoms. The number of thiophene rings is 1. The molecule has 1 unspecified atom stereocenters. The van der Waals surface area contributed by atoms with Gasteiger partial charge in [-0.3, -0.25) is 0 Å². The highest BCUT2D eigenvalue weighted by Gasteiger charge is 2.52. The van der Waals surface area contributed by atoms with Crippen LogP contribution >= 0.6 is 11.3 Å². The lowest BCUT2D eigenvalue weighted by Gasteiger charge is -2.32. The van der Waals surface area contributed by atoms with E-state index in [0.29, 0.717) is 0 Å². The Kier molecular flexibility index (Phi) is 19.9. The Morgan fingerprint density at radius 3 is 1.93 bits per heavy atom. The van der Waals surface area contributed by atoms with E-state index in [9.17, 15) is 0 Å². The molecule has 2 atom stereocenters. The van der Waals surface area contributed by atoms with Gasteiger partial charge in [-0.05, 0) is 201 Å². The molecule has 10 aromatic rings. The molecule has 4 aliphatic rings. The summed E-state index contributed by atoms with van der Waals surface area (Å²) in [4.78, 5) is 0. The molecule has 1 N–H and O–H groups in total. The van der Waals surface area contributed by atoms with E-state index in [4.69, 9.17) is 5.41 Å². The van der Waals surface area contributed by atoms with E-state index in [1.165, 1.54) is 152 Å². The largest absolute Gasteiger partial charge is 0.304 e. The lowest BCUT2D eigenvalue weighted by Crippen LogP contribution is -2.27. The zero-order chi connectivity index (χ0) is 60.5. The van der Waals surface area contributed by atoms with Crippen molar-refractivity contribution in [3.8, 4) is 33.4 Å². The van der Waals surface area contributed by atoms with Gasteiger partial charge in [0.1, 0.15) is 0 Å². The zero-order valence-electron chi connectivity index (χ0n) is 53.3. The van der Waals surface area contributed by atoms with Crippen LogP contribution in [0.15, 0.2) is 212 Å². The number of aryl methyl sites for hydroxylation is 4. The summed E-state index contributed by atoms with van der Waals surface area (Å²) >= 11 is 1.91. The van der Waals surface area contributed by atoms with Crippen LogP contribution in [-0.4, -0.2) is 5.71 Å². The fourth-order valence-corrected chi connectivity index (χ4v) is 15.2. The predicted octanol–water partition coefficient (Wildman–Crippen LogP) is 24.2. The van der Waals surface area contributed by atoms with Gasteiger partial charge in [-0.2, -0.15) is 0 Å². The third-order valence-electron chi connectivity index (χ3n) is 18.7. The van der Waals surface area contributed by atoms with Crippen LogP contribution in [0, 0.1) is 38.0 Å². The van der Waals surface area contributed by atoms with Crippen molar-refractivity contribution < 1.29 is 0 Å². The van der Waals surface area contributed by atoms with Gasteiger partial charge in [0.15, 0.2) is 0 Å². The normalized spacial score (nSPS) is 15.4. The SMILES string of the molecule is CC.CCCc1ccccc1-c1ccc2c(c1C)-c1ccccc1C21C2=C(CCC=C2)c2ccccc21.CC[C@@H](C)Cc1cccc(C)c1.CCc1cccc2c1sc1ccccc12.Cc1cc(C(=N)C(C)C)ccc1-c1ccccc1C1CCC1. The van der Waals surface area contributed by atoms with Crippen LogP contribution < -0.4 is 0 Å². The predicted molar refractivity (Wildman–Crippen MR) is 377 cm³/mol. The van der Waals surface area contributed by atoms with Crippen molar-refractivity contribution >= 4 is 42.8 Å². The van der Waals surface area contributed by atoms with Crippen molar-refractivity contribution in [3.05, 3.63) is 279 Å². The van der Waals surface area contributed by atoms with Crippen molar-refractivity contribution in [2.24, 2.45) is 11.8 Å². The molecule has 4 aliphatic carbocycles. The van der Waals surface area contributed by atoms with Crippen LogP contribution in [-0.2, 0) is 24.7 Å². The van der Waals surface area contributed by atoms with Gasteiger partial charge in [0.25, 0.3) is 0 Å². The molecule has 1 heterocycles. The molecular weight excluding hydrogens is 1050 g/mol. The fourth-order valence-electron chi connectivity index (χ4n) is 14.0. The minimum Gasteiger partial charge on any atom is -0.304 e. The first kappa shape index (κ1) is 61.4. The van der Waals surface area contributed by atoms with E-state index in [1.54, 1.807) is 5.57 Å². The van der Waals surface area contributed by atoms with Crippen molar-refractivity contribution in [1.29, 1.82) is 5.41 Å². The van der Waals surface area contributed by atoms with Crippen LogP contribution in [0.2, 0.25) is 0 Å². The molecule has 0 amide bonds. The summed E-state index contributed by atoms with van der Waals surface area (Å²) in [6.07, 6.45) is 17.0. The average molecular weight is 1150 g/mol. The number of nitrogens with one attached hydrogen (secondary N) is 1. The smallest absolute Gasteiger partial charge is 0.0722 e. The maximum atomic E-state index is 8.21. The lowest BCUT2D eigenvalue weighted by molar-refractivity contribution is 0.420. The second-order valence-corrected chi connectivity index (χ2v) is 25.6. The third-order valence-corrected chi connectivity index (χ3v) is 19.9. The monoisotopic (exact) mass is 1150 g/mol. The second-order valence-electron chi connectivity index (χ2n) is 24.5. The van der Waals surface area contributed by atoms with Gasteiger partial charge in [0, 0.05) is 25.9 Å². The fraction of sp³-hybridized carbons (Fsp3) is 0.298. The Labute approximate surface area is 520 Å². The first-order chi connectivity index (χ1) is 42.0. The quantitative estimate of drug-likeness (QED) is 0.125. The van der Waals surface area contributed by atoms with E-state index in [2.05, 4.69) is 269 Å². The van der Waals surface area contributed by atoms with Gasteiger partial charge >= 0.3 is 0 Å². The molecule has 0 saturated heterocycles. The van der Waals surface area contributed by atoms with Crippen molar-refractivity contribution in [2.75, 3.05) is 0 Å². The van der Waals surface area contributed by atoms with E-state index in [1.807, 2.05) is 25.2 Å². The van der Waals surface area contributed by atoms with E-state index >= 15 is 0 Å². The lowest BCUT2D eigenvalue weighted by atomic mass is 9.69. The Balaban J connectivity index is 0.000000138. The summed E-state index contributed by atoms with van der Waals surface area (Å²) in [6, 6.07) is 71.6. The summed E-state index contributed by atoms with van der Waals surface area (Å²) in [7, 11) is 0. The highest BCUT2D eigenvalue weighted by molar-refractivity contribution is 7.26. The summed E-state index contributed by atoms with van der Waals surface area (Å²) in [6.45, 7) is 23.9. The average Bonchev–Trinajstić information content (AvgIpc) is 1.61. The molecular formula is C84H91NS. The topological polar surface area (TPSA) is 23.9 Å². The van der Waals surface area contributed by atoms with Gasteiger partial charge in [0.2, 0.25) is 0 Å². The Morgan fingerprint density at radius 1 is 0.593 bits per heavy atom. The maximum Gasteiger partial charge on any atom is 0.0722 e. The van der Waals surface area contributed by atoms with E-state index < -0.39 is 0 Å². The Hall–Kier alpha value is -7.65. The second kappa shape index (κ2) is 27.8. The van der Waals surface area contributed by atoms with Gasteiger partial charge in [0.05, 0.1) is 5.41 Å². The number of hydrogen-bond donors (Lipinski definition) is 1. The number of rotatable bonds is 11. The summed E-state index contributed by atoms with van der Waals surface area (Å²) in [5.74, 6) is 1.82. The van der Waals surface area contributed by atoms with Gasteiger partial charge in [-0.1, -0.05) is 274 Å². The Bertz CT molecular complexity index is 4080. The molecule has 1 aromatic heterocycles. The molecule has 86 heavy (non-hydrogen) atoms. The molecule has 0 radical (unpaired) electrons. The molecule has 438 valence electrons. The first-order valence-electron chi connectivity index (χ1n) is 32.5. The van der Waals surface area contributed by atoms with E-state index in [-0.39, 0.29) is 11.3 Å². The minimum absolute atomic E-state index is 0.207. The highest BCUT2D eigenvalue weighted by Crippen LogP contribution is 2.64. The summed E-state index contributed by atoms with van der Waals surface area (Å²) in [5, 5.41) is 11.0. The van der Waals surface area contributed by atoms with Crippen LogP contribution in [0.25, 0.3) is 59.1 Å². The molecule has 1 nitrogen and oxygen atoms in total. The summed E-state index contributed by atoms with van der Waals surface area (Å²) < 4.78 is 2.86. The number of hydrogen-bond acceptors (Lipinski definition) is 2. The summed E-state index contributed by atoms with van der Waals surface area (Å²) in [5.41, 5.74) is 28.7. The standard InChI is InChI=1S/C35H30.C21H25N.C14H12S.C12H18.C2H6/c1-3-12-24-13-4-5-14-26(24)25-21-22-33-34(23(25)2)29-17-8-11-20-32(29)35(33)30-18-9-6-15-27(30)28-16-7-10-19-31(28)35;1-14(2)21(22)17-11-12-18(15(3)13-17)20-10-5-4-9-19(20)16-7-6-8-16;1-2-10-6-5-8-12-11-7-3-4-9-13(11)15-14(10)12;1-4-10(2)8-12-7-5-6-11(3)9-12;1-2/h4-6,8-11,13-15,17-22H,3,7,12,16H2,1-2H3;4-5,9-14,16,22H,6-8H2,1-3H3;3-9H,2H2,1H3;5-7,9-10H,4,8H2,1-3H3;1-2H3/t;;;10-;/m...1./s1. The van der Waals surface area contributed by atoms with Crippen molar-refractivity contribution in [3.63, 3.8) is 0 Å². The van der Waals surface area contributed by atoms with Crippen LogP contribution in [0.1, 0.15) is 173 Å². The van der Waals surface area contributed by atoms with E-state index in [0.717, 1.165) is 55.2 Å². The molecule has 1 saturated carbocycles. The number of benzene rings is 9. The van der Waals surface area contributed by atoms with Crippen LogP contribution in [0.4, 0.5) is 0 Å². The first-order valence-corrected chi connectivity index (χ1v) is 33.3. The number of fused-ring (bicyclic) bond motifs is 12. The molecule has 14 rings (SSSR count). The molecule has 1 spiro atoms. The molecule has 2 heteroatoms. The van der Waals surface area contributed by atoms with Gasteiger partial charge in [-0.15, -0.1) is 11.3 Å². The van der Waals surface area contributed by atoms with Crippen molar-refractivity contribution in [2.45, 2.75) is 152 Å². The maximum absolute atomic E-state index is 8.21. The minimum atomic E-state index is -0.207. The van der Waals surface area contributed by atoms with Gasteiger partial charge in [-0.25, -0.2) is 0 Å². The Morgan fingerprint density at radius 2 is 1.23 bits per heavy atom. The van der Waals surface area contributed by atoms with Crippen LogP contribution in [0.3, 0.4) is 0 Å².